The first-order valence-electron chi connectivity index (χ1n) is 15.4. The predicted molar refractivity (Wildman–Crippen MR) is 174 cm³/mol. The Morgan fingerprint density at radius 1 is 0.878 bits per heavy atom. The van der Waals surface area contributed by atoms with Gasteiger partial charge in [-0.15, -0.1) is 13.2 Å². The van der Waals surface area contributed by atoms with Gasteiger partial charge >= 0.3 is 12.3 Å². The molecule has 0 aromatic heterocycles. The molecule has 0 aliphatic rings. The van der Waals surface area contributed by atoms with E-state index in [2.05, 4.69) is 15.4 Å². The minimum absolute atomic E-state index is 0.0953. The number of halogens is 3. The third-order valence-corrected chi connectivity index (χ3v) is 7.07. The second-order valence-corrected chi connectivity index (χ2v) is 11.4. The van der Waals surface area contributed by atoms with Gasteiger partial charge in [0, 0.05) is 12.0 Å². The van der Waals surface area contributed by atoms with Crippen LogP contribution in [-0.4, -0.2) is 65.6 Å². The van der Waals surface area contributed by atoms with E-state index in [-0.39, 0.29) is 36.5 Å². The molecule has 0 radical (unpaired) electrons. The Bertz CT molecular complexity index is 1500. The molecule has 266 valence electrons. The highest BCUT2D eigenvalue weighted by Gasteiger charge is 2.32. The summed E-state index contributed by atoms with van der Waals surface area (Å²) < 4.78 is 46.9. The fourth-order valence-electron chi connectivity index (χ4n) is 4.72. The summed E-state index contributed by atoms with van der Waals surface area (Å²) in [6, 6.07) is 19.9. The molecule has 0 aliphatic heterocycles. The topological polar surface area (TPSA) is 177 Å². The maximum Gasteiger partial charge on any atom is 0.573 e. The predicted octanol–water partition coefficient (Wildman–Crippen LogP) is 3.94. The number of ether oxygens (including phenoxy) is 2. The maximum absolute atomic E-state index is 13.2. The van der Waals surface area contributed by atoms with Crippen LogP contribution in [0.15, 0.2) is 78.9 Å². The van der Waals surface area contributed by atoms with Crippen LogP contribution in [0.25, 0.3) is 0 Å². The van der Waals surface area contributed by atoms with E-state index in [9.17, 15) is 37.5 Å². The number of aliphatic hydroxyl groups is 1. The SMILES string of the molecule is COc1ccc(OC(F)(F)F)cc1CC(=O)NC(C(=O)N[C@@H](Cc1ccccc1)[C@@H](O)CCC(=O)O)C(C)C.NC(=O)Cc1ccccc1. The van der Waals surface area contributed by atoms with Gasteiger partial charge in [-0.05, 0) is 48.1 Å². The lowest BCUT2D eigenvalue weighted by Gasteiger charge is -2.28. The number of aliphatic carboxylic acids is 1. The van der Waals surface area contributed by atoms with Crippen LogP contribution >= 0.6 is 0 Å². The normalized spacial score (nSPS) is 12.8. The molecule has 0 heterocycles. The Labute approximate surface area is 282 Å². The number of nitrogens with one attached hydrogen (secondary N) is 2. The van der Waals surface area contributed by atoms with Crippen LogP contribution in [0.1, 0.15) is 43.4 Å². The van der Waals surface area contributed by atoms with Gasteiger partial charge in [-0.2, -0.15) is 0 Å². The van der Waals surface area contributed by atoms with Gasteiger partial charge in [0.1, 0.15) is 17.5 Å². The highest BCUT2D eigenvalue weighted by Crippen LogP contribution is 2.29. The largest absolute Gasteiger partial charge is 0.573 e. The first-order valence-corrected chi connectivity index (χ1v) is 15.4. The quantitative estimate of drug-likeness (QED) is 0.150. The molecule has 14 heteroatoms. The average Bonchev–Trinajstić information content (AvgIpc) is 3.02. The molecule has 0 saturated carbocycles. The third-order valence-electron chi connectivity index (χ3n) is 7.07. The number of benzene rings is 3. The van der Waals surface area contributed by atoms with E-state index in [1.165, 1.54) is 13.2 Å². The maximum atomic E-state index is 13.2. The highest BCUT2D eigenvalue weighted by atomic mass is 19.4. The van der Waals surface area contributed by atoms with Crippen molar-refractivity contribution in [2.24, 2.45) is 11.7 Å². The van der Waals surface area contributed by atoms with Gasteiger partial charge in [-0.3, -0.25) is 19.2 Å². The molecular weight excluding hydrogens is 647 g/mol. The average molecular weight is 690 g/mol. The Morgan fingerprint density at radius 2 is 1.47 bits per heavy atom. The molecule has 3 aromatic rings. The number of hydrogen-bond donors (Lipinski definition) is 5. The van der Waals surface area contributed by atoms with Crippen molar-refractivity contribution in [3.05, 3.63) is 95.6 Å². The van der Waals surface area contributed by atoms with Crippen LogP contribution in [0.4, 0.5) is 13.2 Å². The molecule has 3 rings (SSSR count). The third kappa shape index (κ3) is 15.6. The number of carboxylic acids is 1. The first-order chi connectivity index (χ1) is 23.1. The number of hydrogen-bond acceptors (Lipinski definition) is 7. The van der Waals surface area contributed by atoms with Crippen LogP contribution in [0.2, 0.25) is 0 Å². The van der Waals surface area contributed by atoms with Gasteiger partial charge in [0.2, 0.25) is 17.7 Å². The van der Waals surface area contributed by atoms with Crippen LogP contribution < -0.4 is 25.8 Å². The minimum atomic E-state index is -4.92. The molecule has 49 heavy (non-hydrogen) atoms. The summed E-state index contributed by atoms with van der Waals surface area (Å²) in [6.45, 7) is 3.38. The molecule has 0 fully saturated rings. The number of rotatable bonds is 16. The minimum Gasteiger partial charge on any atom is -0.496 e. The second kappa shape index (κ2) is 19.6. The van der Waals surface area contributed by atoms with Crippen molar-refractivity contribution in [3.63, 3.8) is 0 Å². The van der Waals surface area contributed by atoms with Gasteiger partial charge in [0.05, 0.1) is 32.1 Å². The fourth-order valence-corrected chi connectivity index (χ4v) is 4.72. The molecule has 3 atom stereocenters. The van der Waals surface area contributed by atoms with E-state index in [1.807, 2.05) is 36.4 Å². The summed E-state index contributed by atoms with van der Waals surface area (Å²) in [7, 11) is 1.30. The molecule has 0 spiro atoms. The van der Waals surface area contributed by atoms with Crippen molar-refractivity contribution < 1.29 is 52.0 Å². The first kappa shape index (κ1) is 40.1. The highest BCUT2D eigenvalue weighted by molar-refractivity contribution is 5.89. The zero-order valence-corrected chi connectivity index (χ0v) is 27.4. The Kier molecular flexibility index (Phi) is 16.1. The number of methoxy groups -OCH3 is 1. The van der Waals surface area contributed by atoms with E-state index in [0.717, 1.165) is 23.3 Å². The molecular formula is C35H42F3N3O8. The molecule has 1 unspecified atom stereocenters. The fraction of sp³-hybridized carbons (Fsp3) is 0.371. The Morgan fingerprint density at radius 3 is 1.98 bits per heavy atom. The molecule has 11 nitrogen and oxygen atoms in total. The summed E-state index contributed by atoms with van der Waals surface area (Å²) in [4.78, 5) is 47.5. The smallest absolute Gasteiger partial charge is 0.496 e. The van der Waals surface area contributed by atoms with Gasteiger partial charge in [0.15, 0.2) is 0 Å². The second-order valence-electron chi connectivity index (χ2n) is 11.4. The number of aliphatic hydroxyl groups excluding tert-OH is 1. The monoisotopic (exact) mass is 689 g/mol. The van der Waals surface area contributed by atoms with Crippen molar-refractivity contribution in [1.82, 2.24) is 10.6 Å². The molecule has 3 amide bonds. The Balaban J connectivity index is 0.000000709. The van der Waals surface area contributed by atoms with Crippen LogP contribution in [0.5, 0.6) is 11.5 Å². The summed E-state index contributed by atoms with van der Waals surface area (Å²) >= 11 is 0. The van der Waals surface area contributed by atoms with Crippen LogP contribution in [-0.2, 0) is 38.4 Å². The Hall–Kier alpha value is -5.11. The lowest BCUT2D eigenvalue weighted by atomic mass is 9.96. The van der Waals surface area contributed by atoms with E-state index in [1.54, 1.807) is 38.1 Å². The van der Waals surface area contributed by atoms with E-state index in [4.69, 9.17) is 15.6 Å². The van der Waals surface area contributed by atoms with Crippen LogP contribution in [0.3, 0.4) is 0 Å². The zero-order chi connectivity index (χ0) is 36.6. The number of amides is 3. The van der Waals surface area contributed by atoms with E-state index >= 15 is 0 Å². The summed E-state index contributed by atoms with van der Waals surface area (Å²) in [5, 5.41) is 25.0. The number of carbonyl (C=O) groups excluding carboxylic acids is 3. The number of carboxylic acid groups (broad SMARTS) is 1. The molecule has 6 N–H and O–H groups in total. The lowest BCUT2D eigenvalue weighted by Crippen LogP contribution is -2.55. The zero-order valence-electron chi connectivity index (χ0n) is 27.4. The molecule has 0 aliphatic carbocycles. The number of carbonyl (C=O) groups is 4. The lowest BCUT2D eigenvalue weighted by molar-refractivity contribution is -0.274. The van der Waals surface area contributed by atoms with Gasteiger partial charge in [0.25, 0.3) is 0 Å². The van der Waals surface area contributed by atoms with Gasteiger partial charge < -0.3 is 36.1 Å². The van der Waals surface area contributed by atoms with Crippen molar-refractivity contribution in [2.75, 3.05) is 7.11 Å². The van der Waals surface area contributed by atoms with Crippen molar-refractivity contribution in [3.8, 4) is 11.5 Å². The molecule has 3 aromatic carbocycles. The molecule has 0 bridgehead atoms. The van der Waals surface area contributed by atoms with Crippen LogP contribution in [0, 0.1) is 5.92 Å². The summed E-state index contributed by atoms with van der Waals surface area (Å²) in [6.07, 6.45) is -6.33. The standard InChI is InChI=1S/C27H33F3N2O7.C8H9NO/c1-16(2)25(32-23(34)15-18-14-19(39-27(28,29)30)9-11-22(18)38-3)26(37)31-20(21(33)10-12-24(35)36)13-17-7-5-4-6-8-17;9-8(10)6-7-4-2-1-3-5-7/h4-9,11,14,16,20-21,25,33H,10,12-13,15H2,1-3H3,(H,31,37)(H,32,34)(H,35,36);1-5H,6H2,(H2,9,10)/t20-,21-,25?;/m0./s1. The number of nitrogens with two attached hydrogens (primary N) is 1. The van der Waals surface area contributed by atoms with E-state index < -0.39 is 60.4 Å². The van der Waals surface area contributed by atoms with Crippen molar-refractivity contribution in [2.45, 2.75) is 70.5 Å². The van der Waals surface area contributed by atoms with Gasteiger partial charge in [-0.25, -0.2) is 0 Å². The van der Waals surface area contributed by atoms with Gasteiger partial charge in [-0.1, -0.05) is 74.5 Å². The number of primary amides is 1. The van der Waals surface area contributed by atoms with Crippen molar-refractivity contribution >= 4 is 23.7 Å². The molecule has 0 saturated heterocycles. The summed E-state index contributed by atoms with van der Waals surface area (Å²) in [5.74, 6) is -3.40. The van der Waals surface area contributed by atoms with Crippen molar-refractivity contribution in [1.29, 1.82) is 0 Å². The van der Waals surface area contributed by atoms with E-state index in [0.29, 0.717) is 6.42 Å². The summed E-state index contributed by atoms with van der Waals surface area (Å²) in [5.41, 5.74) is 6.87. The number of alkyl halides is 3.